The van der Waals surface area contributed by atoms with Crippen molar-refractivity contribution in [1.82, 2.24) is 15.0 Å². The van der Waals surface area contributed by atoms with Gasteiger partial charge >= 0.3 is 18.2 Å². The van der Waals surface area contributed by atoms with E-state index in [0.717, 1.165) is 17.8 Å². The van der Waals surface area contributed by atoms with Crippen molar-refractivity contribution in [1.29, 1.82) is 0 Å². The second-order valence-electron chi connectivity index (χ2n) is 5.46. The third kappa shape index (κ3) is 6.06. The van der Waals surface area contributed by atoms with E-state index >= 15 is 0 Å². The Morgan fingerprint density at radius 1 is 1.14 bits per heavy atom. The zero-order valence-corrected chi connectivity index (χ0v) is 17.0. The van der Waals surface area contributed by atoms with Crippen LogP contribution in [0.25, 0.3) is 0 Å². The Balaban J connectivity index is 2.55. The molecule has 0 saturated heterocycles. The molecule has 0 bridgehead atoms. The van der Waals surface area contributed by atoms with Crippen LogP contribution in [-0.2, 0) is 10.0 Å². The van der Waals surface area contributed by atoms with Crippen LogP contribution in [0.15, 0.2) is 18.2 Å². The Morgan fingerprint density at radius 2 is 1.72 bits per heavy atom. The van der Waals surface area contributed by atoms with Crippen molar-refractivity contribution < 1.29 is 35.5 Å². The van der Waals surface area contributed by atoms with Crippen LogP contribution in [0.3, 0.4) is 0 Å². The monoisotopic (exact) mass is 456 g/mol. The first-order valence-electron chi connectivity index (χ1n) is 7.72. The minimum absolute atomic E-state index is 0.0126. The summed E-state index contributed by atoms with van der Waals surface area (Å²) in [5.74, 6) is -3.19. The number of para-hydroxylation sites is 1. The smallest absolute Gasteiger partial charge is 0.404 e. The van der Waals surface area contributed by atoms with Crippen molar-refractivity contribution in [2.24, 2.45) is 0 Å². The maximum absolute atomic E-state index is 14.4. The normalized spacial score (nSPS) is 13.1. The number of thioether (sulfide) groups is 1. The second kappa shape index (κ2) is 8.98. The van der Waals surface area contributed by atoms with Gasteiger partial charge in [-0.15, -0.1) is 16.7 Å². The number of ether oxygens (including phenoxy) is 2. The summed E-state index contributed by atoms with van der Waals surface area (Å²) in [6, 6.07) is 3.33. The maximum Gasteiger partial charge on any atom is 0.404 e. The number of halogens is 4. The molecule has 1 unspecified atom stereocenters. The van der Waals surface area contributed by atoms with E-state index in [2.05, 4.69) is 15.0 Å². The lowest BCUT2D eigenvalue weighted by Gasteiger charge is -2.20. The van der Waals surface area contributed by atoms with E-state index < -0.39 is 38.7 Å². The standard InChI is InChI=1S/C15H16F4N4O4S2/c1-26-13-20-12(21-14(22-13)27-2)11(28-3)8-5-4-6-9(16)10(8)23-29(24,25)7-15(17,18)19/h4-6,11,23H,7H2,1-3H3. The highest BCUT2D eigenvalue weighted by Crippen LogP contribution is 2.38. The highest BCUT2D eigenvalue weighted by Gasteiger charge is 2.36. The quantitative estimate of drug-likeness (QED) is 0.605. The van der Waals surface area contributed by atoms with Gasteiger partial charge in [0.1, 0.15) is 5.82 Å². The van der Waals surface area contributed by atoms with Crippen LogP contribution in [0, 0.1) is 5.82 Å². The topological polar surface area (TPSA) is 103 Å². The van der Waals surface area contributed by atoms with Crippen LogP contribution in [-0.4, -0.2) is 55.8 Å². The number of alkyl halides is 3. The van der Waals surface area contributed by atoms with E-state index in [0.29, 0.717) is 0 Å². The largest absolute Gasteiger partial charge is 0.467 e. The molecule has 1 aromatic heterocycles. The van der Waals surface area contributed by atoms with Crippen molar-refractivity contribution in [3.63, 3.8) is 0 Å². The van der Waals surface area contributed by atoms with Crippen molar-refractivity contribution >= 4 is 27.5 Å². The summed E-state index contributed by atoms with van der Waals surface area (Å²) < 4.78 is 87.4. The van der Waals surface area contributed by atoms with Gasteiger partial charge in [-0.3, -0.25) is 4.72 Å². The van der Waals surface area contributed by atoms with Crippen molar-refractivity contribution in [2.45, 2.75) is 11.4 Å². The number of aromatic nitrogens is 3. The minimum Gasteiger partial charge on any atom is -0.467 e. The molecule has 0 aliphatic carbocycles. The Kier molecular flexibility index (Phi) is 7.11. The Labute approximate surface area is 168 Å². The van der Waals surface area contributed by atoms with Gasteiger partial charge in [-0.1, -0.05) is 12.1 Å². The highest BCUT2D eigenvalue weighted by atomic mass is 32.2. The van der Waals surface area contributed by atoms with Gasteiger partial charge in [-0.25, -0.2) is 12.8 Å². The number of hydrogen-bond donors (Lipinski definition) is 1. The molecule has 0 aliphatic rings. The predicted octanol–water partition coefficient (Wildman–Crippen LogP) is 2.78. The number of sulfonamides is 1. The molecule has 2 aromatic rings. The molecule has 29 heavy (non-hydrogen) atoms. The Morgan fingerprint density at radius 3 is 2.21 bits per heavy atom. The minimum atomic E-state index is -4.99. The van der Waals surface area contributed by atoms with E-state index in [9.17, 15) is 26.0 Å². The molecule has 0 saturated carbocycles. The van der Waals surface area contributed by atoms with Gasteiger partial charge in [0.25, 0.3) is 0 Å². The first-order valence-corrected chi connectivity index (χ1v) is 10.7. The van der Waals surface area contributed by atoms with Gasteiger partial charge in [0.15, 0.2) is 11.6 Å². The molecular formula is C15H16F4N4O4S2. The highest BCUT2D eigenvalue weighted by molar-refractivity contribution is 7.99. The van der Waals surface area contributed by atoms with Crippen LogP contribution < -0.4 is 14.2 Å². The predicted molar refractivity (Wildman–Crippen MR) is 98.2 cm³/mol. The maximum atomic E-state index is 14.4. The molecule has 1 N–H and O–H groups in total. The summed E-state index contributed by atoms with van der Waals surface area (Å²) in [5, 5.41) is -0.875. The molecule has 0 amide bonds. The molecule has 0 spiro atoms. The van der Waals surface area contributed by atoms with Crippen molar-refractivity contribution in [3.8, 4) is 12.0 Å². The molecule has 1 atom stereocenters. The molecule has 1 aromatic carbocycles. The lowest BCUT2D eigenvalue weighted by Crippen LogP contribution is -2.28. The molecule has 2 rings (SSSR count). The van der Waals surface area contributed by atoms with Crippen LogP contribution in [0.5, 0.6) is 12.0 Å². The first-order chi connectivity index (χ1) is 13.5. The summed E-state index contributed by atoms with van der Waals surface area (Å²) in [6.45, 7) is 0. The summed E-state index contributed by atoms with van der Waals surface area (Å²) >= 11 is 1.09. The summed E-state index contributed by atoms with van der Waals surface area (Å²) in [7, 11) is -2.32. The molecule has 1 heterocycles. The SMILES string of the molecule is COc1nc(OC)nc(C(SC)c2cccc(F)c2NS(=O)(=O)CC(F)(F)F)n1. The van der Waals surface area contributed by atoms with Crippen LogP contribution >= 0.6 is 11.8 Å². The number of hydrogen-bond acceptors (Lipinski definition) is 8. The zero-order valence-electron chi connectivity index (χ0n) is 15.3. The Bertz CT molecular complexity index is 951. The van der Waals surface area contributed by atoms with Crippen LogP contribution in [0.4, 0.5) is 23.2 Å². The second-order valence-corrected chi connectivity index (χ2v) is 8.13. The van der Waals surface area contributed by atoms with Crippen LogP contribution in [0.2, 0.25) is 0 Å². The molecular weight excluding hydrogens is 440 g/mol. The molecule has 0 aliphatic heterocycles. The molecule has 0 fully saturated rings. The molecule has 160 valence electrons. The average Bonchev–Trinajstić information content (AvgIpc) is 2.62. The number of nitrogens with one attached hydrogen (secondary N) is 1. The lowest BCUT2D eigenvalue weighted by atomic mass is 10.1. The number of nitrogens with zero attached hydrogens (tertiary/aromatic N) is 3. The molecule has 8 nitrogen and oxygen atoms in total. The van der Waals surface area contributed by atoms with E-state index in [-0.39, 0.29) is 23.4 Å². The third-order valence-corrected chi connectivity index (χ3v) is 5.55. The lowest BCUT2D eigenvalue weighted by molar-refractivity contribution is -0.106. The van der Waals surface area contributed by atoms with E-state index in [1.807, 2.05) is 0 Å². The van der Waals surface area contributed by atoms with Gasteiger partial charge < -0.3 is 9.47 Å². The molecule has 0 radical (unpaired) electrons. The number of anilines is 1. The van der Waals surface area contributed by atoms with Crippen LogP contribution in [0.1, 0.15) is 16.6 Å². The fourth-order valence-electron chi connectivity index (χ4n) is 2.30. The Hall–Kier alpha value is -2.35. The van der Waals surface area contributed by atoms with Gasteiger partial charge in [0.05, 0.1) is 25.2 Å². The summed E-state index contributed by atoms with van der Waals surface area (Å²) in [6.07, 6.45) is -3.39. The summed E-state index contributed by atoms with van der Waals surface area (Å²) in [4.78, 5) is 11.9. The van der Waals surface area contributed by atoms with Crippen molar-refractivity contribution in [3.05, 3.63) is 35.4 Å². The van der Waals surface area contributed by atoms with Gasteiger partial charge in [-0.05, 0) is 17.9 Å². The van der Waals surface area contributed by atoms with Crippen molar-refractivity contribution in [2.75, 3.05) is 31.0 Å². The summed E-state index contributed by atoms with van der Waals surface area (Å²) in [5.41, 5.74) is -0.618. The fraction of sp³-hybridized carbons (Fsp3) is 0.400. The van der Waals surface area contributed by atoms with E-state index in [1.165, 1.54) is 26.4 Å². The third-order valence-electron chi connectivity index (χ3n) is 3.39. The molecule has 14 heteroatoms. The van der Waals surface area contributed by atoms with Gasteiger partial charge in [0.2, 0.25) is 10.0 Å². The van der Waals surface area contributed by atoms with Gasteiger partial charge in [0, 0.05) is 0 Å². The van der Waals surface area contributed by atoms with E-state index in [1.54, 1.807) is 11.0 Å². The van der Waals surface area contributed by atoms with Gasteiger partial charge in [-0.2, -0.15) is 23.1 Å². The fourth-order valence-corrected chi connectivity index (χ4v) is 4.09. The zero-order chi connectivity index (χ0) is 21.8. The number of benzene rings is 1. The average molecular weight is 456 g/mol. The number of rotatable bonds is 8. The number of methoxy groups -OCH3 is 2. The van der Waals surface area contributed by atoms with E-state index in [4.69, 9.17) is 9.47 Å². The first kappa shape index (κ1) is 22.9.